The number of benzene rings is 1. The van der Waals surface area contributed by atoms with Crippen molar-refractivity contribution in [2.24, 2.45) is 0 Å². The summed E-state index contributed by atoms with van der Waals surface area (Å²) < 4.78 is 12.7. The summed E-state index contributed by atoms with van der Waals surface area (Å²) in [6.45, 7) is 2.17. The van der Waals surface area contributed by atoms with Crippen LogP contribution in [0.1, 0.15) is 31.4 Å². The van der Waals surface area contributed by atoms with Crippen molar-refractivity contribution >= 4 is 13.6 Å². The van der Waals surface area contributed by atoms with Gasteiger partial charge in [0.15, 0.2) is 0 Å². The van der Waals surface area contributed by atoms with Gasteiger partial charge in [-0.15, -0.1) is 0 Å². The Morgan fingerprint density at radius 2 is 2.00 bits per heavy atom. The first kappa shape index (κ1) is 16.1. The summed E-state index contributed by atoms with van der Waals surface area (Å²) in [7, 11) is 0. The molecule has 0 amide bonds. The molecule has 1 aliphatic heterocycles. The van der Waals surface area contributed by atoms with E-state index in [1.54, 1.807) is 0 Å². The number of pyridine rings is 1. The molecule has 22 heavy (non-hydrogen) atoms. The zero-order chi connectivity index (χ0) is 15.4. The fourth-order valence-electron chi connectivity index (χ4n) is 2.85. The Bertz CT molecular complexity index is 593. The number of halogens is 1. The van der Waals surface area contributed by atoms with Gasteiger partial charge in [0, 0.05) is 0 Å². The molecule has 2 aromatic rings. The molecule has 2 heterocycles. The van der Waals surface area contributed by atoms with Crippen LogP contribution >= 0.6 is 13.6 Å². The number of hydrogen-bond acceptors (Lipinski definition) is 3. The monoisotopic (exact) mass is 411 g/mol. The molecule has 0 N–H and O–H groups in total. The maximum atomic E-state index is 6.09. The predicted molar refractivity (Wildman–Crippen MR) is 86.0 cm³/mol. The van der Waals surface area contributed by atoms with E-state index in [2.05, 4.69) is 31.6 Å². The van der Waals surface area contributed by atoms with Crippen LogP contribution in [0.15, 0.2) is 48.7 Å². The molecule has 3 rings (SSSR count). The normalized spacial score (nSPS) is 24.5. The topological polar surface area (TPSA) is 31.4 Å². The SMILES string of the molecule is C[C@@H]1C[C@H]([Zn][Br])C[C@H](c2ccc(Oc3ccccc3)nc2)O1. The van der Waals surface area contributed by atoms with Crippen molar-refractivity contribution in [1.29, 1.82) is 0 Å². The molecule has 0 bridgehead atoms. The molecule has 0 saturated carbocycles. The molecule has 0 radical (unpaired) electrons. The summed E-state index contributed by atoms with van der Waals surface area (Å²) in [5.41, 5.74) is 1.15. The van der Waals surface area contributed by atoms with E-state index < -0.39 is 15.2 Å². The molecule has 0 aliphatic carbocycles. The number of aromatic nitrogens is 1. The number of hydrogen-bond donors (Lipinski definition) is 0. The van der Waals surface area contributed by atoms with Gasteiger partial charge in [-0.3, -0.25) is 0 Å². The van der Waals surface area contributed by atoms with E-state index in [-0.39, 0.29) is 6.10 Å². The zero-order valence-electron chi connectivity index (χ0n) is 12.6. The van der Waals surface area contributed by atoms with Crippen molar-refractivity contribution in [3.8, 4) is 11.6 Å². The molecule has 1 aromatic heterocycles. The average Bonchev–Trinajstić information content (AvgIpc) is 2.56. The van der Waals surface area contributed by atoms with Gasteiger partial charge in [0.05, 0.1) is 0 Å². The molecule has 0 unspecified atom stereocenters. The minimum absolute atomic E-state index is 0.176. The van der Waals surface area contributed by atoms with E-state index in [4.69, 9.17) is 9.47 Å². The average molecular weight is 414 g/mol. The van der Waals surface area contributed by atoms with E-state index >= 15 is 0 Å². The van der Waals surface area contributed by atoms with Crippen LogP contribution in [0.5, 0.6) is 11.6 Å². The van der Waals surface area contributed by atoms with Crippen LogP contribution in [0.4, 0.5) is 0 Å². The van der Waals surface area contributed by atoms with Crippen molar-refractivity contribution in [2.75, 3.05) is 0 Å². The fraction of sp³-hybridized carbons (Fsp3) is 0.353. The molecule has 0 spiro atoms. The van der Waals surface area contributed by atoms with Crippen molar-refractivity contribution in [1.82, 2.24) is 4.98 Å². The van der Waals surface area contributed by atoms with Crippen molar-refractivity contribution in [2.45, 2.75) is 36.5 Å². The molecule has 1 aromatic carbocycles. The van der Waals surface area contributed by atoms with Gasteiger partial charge in [-0.2, -0.15) is 0 Å². The number of para-hydroxylation sites is 1. The minimum atomic E-state index is -0.576. The Morgan fingerprint density at radius 3 is 2.68 bits per heavy atom. The zero-order valence-corrected chi connectivity index (χ0v) is 17.2. The molecule has 112 valence electrons. The van der Waals surface area contributed by atoms with Crippen LogP contribution in [0.25, 0.3) is 0 Å². The Labute approximate surface area is 145 Å². The summed E-state index contributed by atoms with van der Waals surface area (Å²) >= 11 is 3.21. The van der Waals surface area contributed by atoms with E-state index in [0.717, 1.165) is 22.2 Å². The first-order valence-corrected chi connectivity index (χ1v) is 16.3. The quantitative estimate of drug-likeness (QED) is 0.638. The molecular weight excluding hydrogens is 395 g/mol. The van der Waals surface area contributed by atoms with Crippen LogP contribution < -0.4 is 4.74 Å². The first-order chi connectivity index (χ1) is 10.7. The van der Waals surface area contributed by atoms with Gasteiger partial charge in [0.2, 0.25) is 0 Å². The second-order valence-corrected chi connectivity index (χ2v) is 12.2. The summed E-state index contributed by atoms with van der Waals surface area (Å²) in [5.74, 6) is 1.42. The first-order valence-electron chi connectivity index (χ1n) is 7.65. The Balaban J connectivity index is 1.68. The molecule has 5 heteroatoms. The van der Waals surface area contributed by atoms with E-state index in [1.807, 2.05) is 42.6 Å². The van der Waals surface area contributed by atoms with Gasteiger partial charge in [-0.05, 0) is 0 Å². The van der Waals surface area contributed by atoms with Gasteiger partial charge in [-0.25, -0.2) is 0 Å². The third-order valence-electron chi connectivity index (χ3n) is 3.92. The van der Waals surface area contributed by atoms with Gasteiger partial charge >= 0.3 is 146 Å². The van der Waals surface area contributed by atoms with E-state index in [1.165, 1.54) is 6.42 Å². The third-order valence-corrected chi connectivity index (χ3v) is 11.0. The summed E-state index contributed by atoms with van der Waals surface area (Å²) in [6, 6.07) is 13.7. The fourth-order valence-corrected chi connectivity index (χ4v) is 7.75. The van der Waals surface area contributed by atoms with Crippen molar-refractivity contribution < 1.29 is 24.6 Å². The van der Waals surface area contributed by atoms with Crippen LogP contribution in [-0.2, 0) is 19.9 Å². The summed E-state index contributed by atoms with van der Waals surface area (Å²) in [4.78, 5) is 4.43. The molecule has 1 saturated heterocycles. The molecule has 1 fully saturated rings. The molecule has 3 atom stereocenters. The van der Waals surface area contributed by atoms with Gasteiger partial charge in [-0.1, -0.05) is 0 Å². The van der Waals surface area contributed by atoms with Crippen molar-refractivity contribution in [3.63, 3.8) is 0 Å². The van der Waals surface area contributed by atoms with Crippen molar-refractivity contribution in [3.05, 3.63) is 54.2 Å². The standard InChI is InChI=1S/C17H18NO2.BrH.Zn/c1-13-6-5-9-16(19-13)14-10-11-17(18-12-14)20-15-7-3-2-4-8-15;;/h2-5,7-8,10-13,16H,6,9H2,1H3;1H;/q;;+1/p-1/t13-,16-;;/m1../s1. The second-order valence-electron chi connectivity index (χ2n) is 5.77. The van der Waals surface area contributed by atoms with E-state index in [9.17, 15) is 0 Å². The molecule has 3 nitrogen and oxygen atoms in total. The van der Waals surface area contributed by atoms with Crippen LogP contribution in [-0.4, -0.2) is 11.1 Å². The Hall–Kier alpha value is -0.767. The van der Waals surface area contributed by atoms with Crippen LogP contribution in [0.3, 0.4) is 0 Å². The third kappa shape index (κ3) is 4.15. The van der Waals surface area contributed by atoms with Crippen LogP contribution in [0, 0.1) is 0 Å². The summed E-state index contributed by atoms with van der Waals surface area (Å²) in [6.07, 6.45) is 4.72. The number of rotatable bonds is 4. The predicted octanol–water partition coefficient (Wildman–Crippen LogP) is 5.29. The number of ether oxygens (including phenoxy) is 2. The van der Waals surface area contributed by atoms with Gasteiger partial charge in [0.1, 0.15) is 0 Å². The Kier molecular flexibility index (Phi) is 5.62. The van der Waals surface area contributed by atoms with E-state index in [0.29, 0.717) is 12.0 Å². The second kappa shape index (κ2) is 7.67. The summed E-state index contributed by atoms with van der Waals surface area (Å²) in [5, 5.41) is 0. The Morgan fingerprint density at radius 1 is 1.18 bits per heavy atom. The van der Waals surface area contributed by atoms with Gasteiger partial charge in [0.25, 0.3) is 0 Å². The van der Waals surface area contributed by atoms with Gasteiger partial charge < -0.3 is 0 Å². The molecular formula is C17H18BrNO2Zn. The maximum absolute atomic E-state index is 6.09. The number of nitrogens with zero attached hydrogens (tertiary/aromatic N) is 1. The van der Waals surface area contributed by atoms with Crippen LogP contribution in [0.2, 0.25) is 4.51 Å². The molecule has 1 aliphatic rings.